The van der Waals surface area contributed by atoms with Crippen molar-refractivity contribution in [1.29, 1.82) is 0 Å². The van der Waals surface area contributed by atoms with Crippen molar-refractivity contribution < 1.29 is 18.7 Å². The fourth-order valence-corrected chi connectivity index (χ4v) is 1.85. The van der Waals surface area contributed by atoms with E-state index in [0.717, 1.165) is 12.0 Å². The van der Waals surface area contributed by atoms with Gasteiger partial charge in [0.2, 0.25) is 0 Å². The van der Waals surface area contributed by atoms with Gasteiger partial charge in [-0.3, -0.25) is 4.79 Å². The number of halogens is 1. The molecule has 0 aromatic heterocycles. The third-order valence-corrected chi connectivity index (χ3v) is 2.97. The fraction of sp³-hybridized carbons (Fsp3) is 0.188. The van der Waals surface area contributed by atoms with Gasteiger partial charge in [0.15, 0.2) is 29.4 Å². The van der Waals surface area contributed by atoms with Crippen LogP contribution in [0.2, 0.25) is 0 Å². The van der Waals surface area contributed by atoms with E-state index in [1.54, 1.807) is 6.07 Å². The minimum Gasteiger partial charge on any atom is -0.493 e. The molecular formula is C16H15FO3. The summed E-state index contributed by atoms with van der Waals surface area (Å²) in [7, 11) is 1.52. The number of carbonyl (C=O) groups is 1. The van der Waals surface area contributed by atoms with Crippen LogP contribution in [0, 0.1) is 5.82 Å². The lowest BCUT2D eigenvalue weighted by molar-refractivity contribution is 0.112. The van der Waals surface area contributed by atoms with Crippen LogP contribution in [-0.2, 0) is 6.42 Å². The molecule has 0 radical (unpaired) electrons. The van der Waals surface area contributed by atoms with Gasteiger partial charge in [-0.2, -0.15) is 0 Å². The fourth-order valence-electron chi connectivity index (χ4n) is 1.85. The van der Waals surface area contributed by atoms with Gasteiger partial charge < -0.3 is 9.47 Å². The third kappa shape index (κ3) is 2.79. The molecule has 2 rings (SSSR count). The van der Waals surface area contributed by atoms with E-state index in [9.17, 15) is 9.18 Å². The quantitative estimate of drug-likeness (QED) is 0.773. The summed E-state index contributed by atoms with van der Waals surface area (Å²) < 4.78 is 24.5. The Bertz CT molecular complexity index is 623. The Morgan fingerprint density at radius 1 is 1.20 bits per heavy atom. The third-order valence-electron chi connectivity index (χ3n) is 2.97. The topological polar surface area (TPSA) is 35.5 Å². The van der Waals surface area contributed by atoms with Gasteiger partial charge in [0.05, 0.1) is 12.7 Å². The van der Waals surface area contributed by atoms with Crippen LogP contribution in [0.5, 0.6) is 17.2 Å². The summed E-state index contributed by atoms with van der Waals surface area (Å²) in [4.78, 5) is 10.9. The molecule has 3 nitrogen and oxygen atoms in total. The monoisotopic (exact) mass is 274 g/mol. The van der Waals surface area contributed by atoms with E-state index < -0.39 is 5.82 Å². The predicted octanol–water partition coefficient (Wildman–Crippen LogP) is 4.00. The normalized spacial score (nSPS) is 10.2. The average Bonchev–Trinajstić information content (AvgIpc) is 2.49. The lowest BCUT2D eigenvalue weighted by Gasteiger charge is -2.13. The van der Waals surface area contributed by atoms with E-state index in [4.69, 9.17) is 9.47 Å². The minimum atomic E-state index is -0.587. The van der Waals surface area contributed by atoms with Crippen LogP contribution < -0.4 is 9.47 Å². The number of hydrogen-bond donors (Lipinski definition) is 0. The Hall–Kier alpha value is -2.36. The highest BCUT2D eigenvalue weighted by molar-refractivity contribution is 5.79. The number of rotatable bonds is 5. The molecule has 0 saturated heterocycles. The summed E-state index contributed by atoms with van der Waals surface area (Å²) in [5.41, 5.74) is 1.24. The highest BCUT2D eigenvalue weighted by Crippen LogP contribution is 2.34. The van der Waals surface area contributed by atoms with Crippen LogP contribution in [0.3, 0.4) is 0 Å². The van der Waals surface area contributed by atoms with E-state index in [2.05, 4.69) is 0 Å². The molecule has 0 aliphatic rings. The van der Waals surface area contributed by atoms with Gasteiger partial charge in [0, 0.05) is 0 Å². The second-order valence-electron chi connectivity index (χ2n) is 4.22. The van der Waals surface area contributed by atoms with E-state index in [1.165, 1.54) is 25.3 Å². The first-order valence-corrected chi connectivity index (χ1v) is 6.28. The van der Waals surface area contributed by atoms with Crippen LogP contribution in [0.15, 0.2) is 36.4 Å². The summed E-state index contributed by atoms with van der Waals surface area (Å²) >= 11 is 0. The van der Waals surface area contributed by atoms with Crippen LogP contribution in [-0.4, -0.2) is 13.4 Å². The van der Waals surface area contributed by atoms with Crippen molar-refractivity contribution in [1.82, 2.24) is 0 Å². The zero-order valence-corrected chi connectivity index (χ0v) is 11.4. The van der Waals surface area contributed by atoms with Crippen molar-refractivity contribution in [2.45, 2.75) is 13.3 Å². The Morgan fingerprint density at radius 3 is 2.65 bits per heavy atom. The molecule has 0 N–H and O–H groups in total. The van der Waals surface area contributed by atoms with Crippen molar-refractivity contribution in [2.24, 2.45) is 0 Å². The van der Waals surface area contributed by atoms with Gasteiger partial charge in [-0.25, -0.2) is 4.39 Å². The molecule has 0 unspecified atom stereocenters. The Balaban J connectivity index is 2.42. The van der Waals surface area contributed by atoms with Crippen molar-refractivity contribution >= 4 is 6.29 Å². The predicted molar refractivity (Wildman–Crippen MR) is 74.2 cm³/mol. The summed E-state index contributed by atoms with van der Waals surface area (Å²) in [6, 6.07) is 9.62. The summed E-state index contributed by atoms with van der Waals surface area (Å²) in [5.74, 6) is 0.198. The second kappa shape index (κ2) is 6.19. The molecule has 0 fully saturated rings. The zero-order valence-electron chi connectivity index (χ0n) is 11.4. The Labute approximate surface area is 117 Å². The van der Waals surface area contributed by atoms with Crippen LogP contribution >= 0.6 is 0 Å². The van der Waals surface area contributed by atoms with Gasteiger partial charge in [-0.15, -0.1) is 0 Å². The molecule has 0 bridgehead atoms. The van der Waals surface area contributed by atoms with E-state index in [0.29, 0.717) is 17.8 Å². The van der Waals surface area contributed by atoms with Crippen molar-refractivity contribution in [3.05, 3.63) is 53.3 Å². The van der Waals surface area contributed by atoms with Crippen LogP contribution in [0.1, 0.15) is 22.8 Å². The molecule has 0 saturated carbocycles. The first-order chi connectivity index (χ1) is 9.69. The molecule has 0 aliphatic carbocycles. The number of ether oxygens (including phenoxy) is 2. The maximum atomic E-state index is 13.8. The van der Waals surface area contributed by atoms with E-state index in [1.807, 2.05) is 19.1 Å². The molecule has 0 spiro atoms. The zero-order chi connectivity index (χ0) is 14.5. The minimum absolute atomic E-state index is 0.0925. The first-order valence-electron chi connectivity index (χ1n) is 6.28. The number of aryl methyl sites for hydroxylation is 1. The molecule has 0 atom stereocenters. The molecule has 104 valence electrons. The Morgan fingerprint density at radius 2 is 2.00 bits per heavy atom. The molecular weight excluding hydrogens is 259 g/mol. The molecule has 4 heteroatoms. The van der Waals surface area contributed by atoms with Crippen LogP contribution in [0.25, 0.3) is 0 Å². The van der Waals surface area contributed by atoms with Gasteiger partial charge in [0.1, 0.15) is 0 Å². The molecule has 2 aromatic carbocycles. The molecule has 0 aliphatic heterocycles. The summed E-state index contributed by atoms with van der Waals surface area (Å²) in [5, 5.41) is 0. The molecule has 0 heterocycles. The lowest BCUT2D eigenvalue weighted by atomic mass is 10.1. The SMILES string of the molecule is CCc1ccc(Oc2c(F)cccc2C=O)c(OC)c1. The summed E-state index contributed by atoms with van der Waals surface area (Å²) in [6.07, 6.45) is 1.42. The van der Waals surface area contributed by atoms with E-state index >= 15 is 0 Å². The largest absolute Gasteiger partial charge is 0.493 e. The number of para-hydroxylation sites is 1. The van der Waals surface area contributed by atoms with Crippen molar-refractivity contribution in [2.75, 3.05) is 7.11 Å². The number of carbonyl (C=O) groups excluding carboxylic acids is 1. The highest BCUT2D eigenvalue weighted by atomic mass is 19.1. The van der Waals surface area contributed by atoms with Crippen molar-refractivity contribution in [3.8, 4) is 17.2 Å². The average molecular weight is 274 g/mol. The number of aldehydes is 1. The van der Waals surface area contributed by atoms with Gasteiger partial charge >= 0.3 is 0 Å². The number of methoxy groups -OCH3 is 1. The molecule has 20 heavy (non-hydrogen) atoms. The first kappa shape index (κ1) is 14.1. The van der Waals surface area contributed by atoms with Gasteiger partial charge in [-0.05, 0) is 36.2 Å². The smallest absolute Gasteiger partial charge is 0.173 e. The maximum Gasteiger partial charge on any atom is 0.173 e. The number of benzene rings is 2. The molecule has 2 aromatic rings. The van der Waals surface area contributed by atoms with Gasteiger partial charge in [0.25, 0.3) is 0 Å². The second-order valence-corrected chi connectivity index (χ2v) is 4.22. The van der Waals surface area contributed by atoms with Gasteiger partial charge in [-0.1, -0.05) is 19.1 Å². The standard InChI is InChI=1S/C16H15FO3/c1-3-11-7-8-14(15(9-11)19-2)20-16-12(10-18)5-4-6-13(16)17/h4-10H,3H2,1-2H3. The highest BCUT2D eigenvalue weighted by Gasteiger charge is 2.13. The van der Waals surface area contributed by atoms with E-state index in [-0.39, 0.29) is 11.3 Å². The van der Waals surface area contributed by atoms with Crippen LogP contribution in [0.4, 0.5) is 4.39 Å². The maximum absolute atomic E-state index is 13.8. The lowest BCUT2D eigenvalue weighted by Crippen LogP contribution is -1.97. The Kier molecular flexibility index (Phi) is 4.35. The molecule has 0 amide bonds. The van der Waals surface area contributed by atoms with Crippen molar-refractivity contribution in [3.63, 3.8) is 0 Å². The summed E-state index contributed by atoms with van der Waals surface area (Å²) in [6.45, 7) is 2.02. The number of hydrogen-bond acceptors (Lipinski definition) is 3.